The van der Waals surface area contributed by atoms with E-state index in [0.717, 1.165) is 24.4 Å². The molecule has 0 aromatic carbocycles. The van der Waals surface area contributed by atoms with Crippen LogP contribution in [-0.2, 0) is 0 Å². The first-order chi connectivity index (χ1) is 9.53. The second-order valence-corrected chi connectivity index (χ2v) is 6.45. The van der Waals surface area contributed by atoms with Gasteiger partial charge in [-0.15, -0.1) is 0 Å². The topological polar surface area (TPSA) is 80.0 Å². The predicted molar refractivity (Wildman–Crippen MR) is 84.2 cm³/mol. The Labute approximate surface area is 124 Å². The van der Waals surface area contributed by atoms with Crippen molar-refractivity contribution in [3.05, 3.63) is 4.88 Å². The summed E-state index contributed by atoms with van der Waals surface area (Å²) in [6, 6.07) is 0.512. The largest absolute Gasteiger partial charge is 0.382 e. The fourth-order valence-corrected chi connectivity index (χ4v) is 3.13. The van der Waals surface area contributed by atoms with Gasteiger partial charge in [0.2, 0.25) is 0 Å². The molecule has 0 saturated heterocycles. The average Bonchev–Trinajstić information content (AvgIpc) is 3.18. The monoisotopic (exact) mass is 296 g/mol. The lowest BCUT2D eigenvalue weighted by molar-refractivity contribution is 0.0893. The number of nitrogens with zero attached hydrogens (tertiary/aromatic N) is 1. The van der Waals surface area contributed by atoms with Crippen molar-refractivity contribution in [3.63, 3.8) is 0 Å². The van der Waals surface area contributed by atoms with Gasteiger partial charge in [-0.2, -0.15) is 0 Å². The van der Waals surface area contributed by atoms with E-state index in [1.807, 2.05) is 0 Å². The van der Waals surface area contributed by atoms with Gasteiger partial charge in [0.1, 0.15) is 10.7 Å². The van der Waals surface area contributed by atoms with Crippen LogP contribution in [-0.4, -0.2) is 22.5 Å². The Bertz CT molecular complexity index is 469. The number of hydrogen-bond acceptors (Lipinski definition) is 5. The Morgan fingerprint density at radius 1 is 1.35 bits per heavy atom. The molecule has 0 aliphatic heterocycles. The summed E-state index contributed by atoms with van der Waals surface area (Å²) in [7, 11) is 0. The molecule has 1 heterocycles. The third-order valence-electron chi connectivity index (χ3n) is 4.17. The molecule has 4 N–H and O–H groups in total. The number of nitrogens with one attached hydrogen (secondary N) is 2. The molecule has 1 aliphatic rings. The minimum Gasteiger partial charge on any atom is -0.382 e. The maximum Gasteiger partial charge on any atom is 0.265 e. The van der Waals surface area contributed by atoms with E-state index in [1.54, 1.807) is 0 Å². The highest BCUT2D eigenvalue weighted by Gasteiger charge is 2.29. The highest BCUT2D eigenvalue weighted by molar-refractivity contribution is 7.18. The van der Waals surface area contributed by atoms with Crippen LogP contribution >= 0.6 is 11.3 Å². The van der Waals surface area contributed by atoms with Crippen LogP contribution in [0.2, 0.25) is 0 Å². The van der Waals surface area contributed by atoms with Crippen molar-refractivity contribution in [2.75, 3.05) is 11.1 Å². The van der Waals surface area contributed by atoms with Crippen molar-refractivity contribution in [1.82, 2.24) is 10.3 Å². The predicted octanol–water partition coefficient (Wildman–Crippen LogP) is 3.00. The van der Waals surface area contributed by atoms with E-state index in [0.29, 0.717) is 16.7 Å². The molecule has 20 heavy (non-hydrogen) atoms. The van der Waals surface area contributed by atoms with Crippen molar-refractivity contribution in [2.45, 2.75) is 64.5 Å². The second kappa shape index (κ2) is 5.99. The molecule has 6 heteroatoms. The summed E-state index contributed by atoms with van der Waals surface area (Å²) in [5.41, 5.74) is 5.74. The molecule has 1 aromatic rings. The number of carbonyl (C=O) groups is 1. The minimum atomic E-state index is -0.141. The van der Waals surface area contributed by atoms with Crippen LogP contribution in [0.1, 0.15) is 62.5 Å². The van der Waals surface area contributed by atoms with Gasteiger partial charge in [-0.3, -0.25) is 4.79 Å². The molecule has 1 saturated carbocycles. The third kappa shape index (κ3) is 3.23. The molecule has 0 atom stereocenters. The van der Waals surface area contributed by atoms with Gasteiger partial charge in [-0.1, -0.05) is 32.1 Å². The van der Waals surface area contributed by atoms with Crippen LogP contribution in [0.4, 0.5) is 10.9 Å². The molecule has 1 fully saturated rings. The second-order valence-electron chi connectivity index (χ2n) is 5.45. The molecule has 0 radical (unpaired) electrons. The SMILES string of the molecule is CCC(CC)(CC)NC(=O)c1sc(NC2CC2)nc1N. The number of nitrogen functional groups attached to an aromatic ring is 1. The molecule has 5 nitrogen and oxygen atoms in total. The average molecular weight is 296 g/mol. The Hall–Kier alpha value is -1.30. The number of amides is 1. The molecular weight excluding hydrogens is 272 g/mol. The fraction of sp³-hybridized carbons (Fsp3) is 0.714. The lowest BCUT2D eigenvalue weighted by Gasteiger charge is -2.31. The molecule has 1 amide bonds. The number of carbonyl (C=O) groups excluding carboxylic acids is 1. The first-order valence-corrected chi connectivity index (χ1v) is 8.20. The molecule has 2 rings (SSSR count). The van der Waals surface area contributed by atoms with E-state index in [9.17, 15) is 4.79 Å². The summed E-state index contributed by atoms with van der Waals surface area (Å²) in [6.07, 6.45) is 5.09. The van der Waals surface area contributed by atoms with E-state index in [2.05, 4.69) is 36.4 Å². The Morgan fingerprint density at radius 2 is 1.95 bits per heavy atom. The number of aromatic nitrogens is 1. The quantitative estimate of drug-likeness (QED) is 0.722. The summed E-state index contributed by atoms with van der Waals surface area (Å²) < 4.78 is 0. The van der Waals surface area contributed by atoms with E-state index in [1.165, 1.54) is 24.2 Å². The molecule has 0 unspecified atom stereocenters. The van der Waals surface area contributed by atoms with Gasteiger partial charge in [-0.05, 0) is 32.1 Å². The van der Waals surface area contributed by atoms with E-state index in [4.69, 9.17) is 5.73 Å². The molecule has 1 aromatic heterocycles. The van der Waals surface area contributed by atoms with E-state index < -0.39 is 0 Å². The van der Waals surface area contributed by atoms with Gasteiger partial charge in [0.15, 0.2) is 5.13 Å². The number of thiazole rings is 1. The Kier molecular flexibility index (Phi) is 4.52. The van der Waals surface area contributed by atoms with Crippen molar-refractivity contribution in [2.24, 2.45) is 0 Å². The van der Waals surface area contributed by atoms with Crippen LogP contribution in [0.3, 0.4) is 0 Å². The van der Waals surface area contributed by atoms with Crippen LogP contribution < -0.4 is 16.4 Å². The fourth-order valence-electron chi connectivity index (χ4n) is 2.27. The number of nitrogens with two attached hydrogens (primary N) is 1. The summed E-state index contributed by atoms with van der Waals surface area (Å²) in [5.74, 6) is 0.224. The molecule has 1 aliphatic carbocycles. The summed E-state index contributed by atoms with van der Waals surface area (Å²) in [5, 5.41) is 7.18. The first-order valence-electron chi connectivity index (χ1n) is 7.39. The zero-order valence-electron chi connectivity index (χ0n) is 12.5. The summed E-state index contributed by atoms with van der Waals surface area (Å²) in [4.78, 5) is 17.2. The number of rotatable bonds is 7. The van der Waals surface area contributed by atoms with Crippen LogP contribution in [0.5, 0.6) is 0 Å². The lowest BCUT2D eigenvalue weighted by atomic mass is 9.90. The number of anilines is 2. The maximum atomic E-state index is 12.4. The summed E-state index contributed by atoms with van der Waals surface area (Å²) >= 11 is 1.35. The van der Waals surface area contributed by atoms with Gasteiger partial charge in [0, 0.05) is 11.6 Å². The van der Waals surface area contributed by atoms with E-state index in [-0.39, 0.29) is 11.4 Å². The Balaban J connectivity index is 2.09. The molecule has 112 valence electrons. The smallest absolute Gasteiger partial charge is 0.265 e. The lowest BCUT2D eigenvalue weighted by Crippen LogP contribution is -2.47. The normalized spacial score (nSPS) is 15.2. The minimum absolute atomic E-state index is 0.102. The standard InChI is InChI=1S/C14H24N4OS/c1-4-14(5-2,6-3)18-12(19)10-11(15)17-13(20-10)16-9-7-8-9/h9H,4-8,15H2,1-3H3,(H,16,17)(H,18,19). The first kappa shape index (κ1) is 15.1. The highest BCUT2D eigenvalue weighted by Crippen LogP contribution is 2.31. The molecular formula is C14H24N4OS. The third-order valence-corrected chi connectivity index (χ3v) is 5.17. The van der Waals surface area contributed by atoms with Crippen LogP contribution in [0.25, 0.3) is 0 Å². The zero-order valence-corrected chi connectivity index (χ0v) is 13.3. The van der Waals surface area contributed by atoms with E-state index >= 15 is 0 Å². The van der Waals surface area contributed by atoms with Crippen molar-refractivity contribution >= 4 is 28.2 Å². The van der Waals surface area contributed by atoms with Gasteiger partial charge < -0.3 is 16.4 Å². The van der Waals surface area contributed by atoms with Crippen molar-refractivity contribution < 1.29 is 4.79 Å². The highest BCUT2D eigenvalue weighted by atomic mass is 32.1. The van der Waals surface area contributed by atoms with Crippen molar-refractivity contribution in [3.8, 4) is 0 Å². The maximum absolute atomic E-state index is 12.4. The Morgan fingerprint density at radius 3 is 2.45 bits per heavy atom. The van der Waals surface area contributed by atoms with Gasteiger partial charge in [-0.25, -0.2) is 4.98 Å². The van der Waals surface area contributed by atoms with Crippen LogP contribution in [0, 0.1) is 0 Å². The van der Waals surface area contributed by atoms with Gasteiger partial charge >= 0.3 is 0 Å². The summed E-state index contributed by atoms with van der Waals surface area (Å²) in [6.45, 7) is 6.30. The zero-order chi connectivity index (χ0) is 14.8. The van der Waals surface area contributed by atoms with Gasteiger partial charge in [0.05, 0.1) is 0 Å². The molecule has 0 bridgehead atoms. The van der Waals surface area contributed by atoms with Crippen molar-refractivity contribution in [1.29, 1.82) is 0 Å². The number of hydrogen-bond donors (Lipinski definition) is 3. The van der Waals surface area contributed by atoms with Gasteiger partial charge in [0.25, 0.3) is 5.91 Å². The van der Waals surface area contributed by atoms with Crippen LogP contribution in [0.15, 0.2) is 0 Å². The molecule has 0 spiro atoms.